The molecule has 1 fully saturated rings. The molecule has 0 amide bonds. The average molecular weight is 174 g/mol. The molecule has 0 bridgehead atoms. The molecule has 2 rings (SSSR count). The first kappa shape index (κ1) is 8.80. The Bertz CT molecular complexity index is 263. The predicted molar refractivity (Wildman–Crippen MR) is 56.7 cm³/mol. The Labute approximate surface area is 81.0 Å². The summed E-state index contributed by atoms with van der Waals surface area (Å²) in [5, 5.41) is 0. The molecule has 0 radical (unpaired) electrons. The van der Waals surface area contributed by atoms with Crippen LogP contribution in [0.3, 0.4) is 0 Å². The molecule has 0 heteroatoms. The minimum Gasteiger partial charge on any atom is -0.0625 e. The molecule has 0 nitrogen and oxygen atoms in total. The molecule has 0 spiro atoms. The number of hydrogen-bond donors (Lipinski definition) is 0. The van der Waals surface area contributed by atoms with Crippen molar-refractivity contribution in [2.75, 3.05) is 0 Å². The van der Waals surface area contributed by atoms with E-state index in [4.69, 9.17) is 0 Å². The maximum Gasteiger partial charge on any atom is -0.0134 e. The number of hydrogen-bond acceptors (Lipinski definition) is 0. The fourth-order valence-electron chi connectivity index (χ4n) is 2.73. The second kappa shape index (κ2) is 3.53. The van der Waals surface area contributed by atoms with Gasteiger partial charge in [0.25, 0.3) is 0 Å². The van der Waals surface area contributed by atoms with E-state index in [2.05, 4.69) is 44.2 Å². The van der Waals surface area contributed by atoms with Gasteiger partial charge in [0.05, 0.1) is 0 Å². The summed E-state index contributed by atoms with van der Waals surface area (Å²) in [6, 6.07) is 11.0. The SMILES string of the molecule is CC1CC(C)C(c2ccccc2)C1. The summed E-state index contributed by atoms with van der Waals surface area (Å²) in [5.74, 6) is 2.61. The molecule has 0 N–H and O–H groups in total. The Morgan fingerprint density at radius 1 is 1.00 bits per heavy atom. The molecule has 3 unspecified atom stereocenters. The minimum atomic E-state index is 0.816. The van der Waals surface area contributed by atoms with E-state index in [1.165, 1.54) is 12.8 Å². The Morgan fingerprint density at radius 3 is 2.23 bits per heavy atom. The largest absolute Gasteiger partial charge is 0.0625 e. The van der Waals surface area contributed by atoms with Crippen LogP contribution in [-0.2, 0) is 0 Å². The maximum atomic E-state index is 2.39. The highest BCUT2D eigenvalue weighted by molar-refractivity contribution is 5.21. The van der Waals surface area contributed by atoms with Crippen LogP contribution in [0, 0.1) is 11.8 Å². The van der Waals surface area contributed by atoms with Crippen LogP contribution in [0.1, 0.15) is 38.2 Å². The van der Waals surface area contributed by atoms with Crippen LogP contribution < -0.4 is 0 Å². The average Bonchev–Trinajstić information content (AvgIpc) is 2.47. The van der Waals surface area contributed by atoms with Crippen molar-refractivity contribution in [3.05, 3.63) is 35.9 Å². The summed E-state index contributed by atoms with van der Waals surface area (Å²) in [6.07, 6.45) is 2.78. The lowest BCUT2D eigenvalue weighted by molar-refractivity contribution is 0.526. The third-order valence-electron chi connectivity index (χ3n) is 3.35. The standard InChI is InChI=1S/C13H18/c1-10-8-11(2)13(9-10)12-6-4-3-5-7-12/h3-7,10-11,13H,8-9H2,1-2H3. The van der Waals surface area contributed by atoms with Gasteiger partial charge in [-0.1, -0.05) is 44.2 Å². The normalized spacial score (nSPS) is 33.5. The first-order chi connectivity index (χ1) is 6.27. The van der Waals surface area contributed by atoms with E-state index in [0.717, 1.165) is 17.8 Å². The highest BCUT2D eigenvalue weighted by atomic mass is 14.3. The zero-order valence-corrected chi connectivity index (χ0v) is 8.53. The van der Waals surface area contributed by atoms with Crippen LogP contribution in [0.15, 0.2) is 30.3 Å². The molecule has 0 heterocycles. The van der Waals surface area contributed by atoms with E-state index in [1.54, 1.807) is 5.56 Å². The number of rotatable bonds is 1. The monoisotopic (exact) mass is 174 g/mol. The van der Waals surface area contributed by atoms with Gasteiger partial charge in [-0.15, -0.1) is 0 Å². The van der Waals surface area contributed by atoms with Gasteiger partial charge in [-0.3, -0.25) is 0 Å². The third-order valence-corrected chi connectivity index (χ3v) is 3.35. The Hall–Kier alpha value is -0.780. The molecule has 0 saturated heterocycles. The topological polar surface area (TPSA) is 0 Å². The predicted octanol–water partition coefficient (Wildman–Crippen LogP) is 3.84. The third kappa shape index (κ3) is 1.77. The van der Waals surface area contributed by atoms with Crippen molar-refractivity contribution < 1.29 is 0 Å². The lowest BCUT2D eigenvalue weighted by Gasteiger charge is -2.14. The minimum absolute atomic E-state index is 0.816. The second-order valence-corrected chi connectivity index (χ2v) is 4.57. The molecule has 13 heavy (non-hydrogen) atoms. The second-order valence-electron chi connectivity index (χ2n) is 4.57. The summed E-state index contributed by atoms with van der Waals surface area (Å²) in [7, 11) is 0. The quantitative estimate of drug-likeness (QED) is 0.607. The van der Waals surface area contributed by atoms with Gasteiger partial charge in [-0.2, -0.15) is 0 Å². The van der Waals surface area contributed by atoms with E-state index in [9.17, 15) is 0 Å². The molecule has 1 aliphatic carbocycles. The summed E-state index contributed by atoms with van der Waals surface area (Å²) in [6.45, 7) is 4.76. The van der Waals surface area contributed by atoms with Gasteiger partial charge in [0.15, 0.2) is 0 Å². The van der Waals surface area contributed by atoms with Gasteiger partial charge in [0.2, 0.25) is 0 Å². The van der Waals surface area contributed by atoms with Crippen molar-refractivity contribution in [1.29, 1.82) is 0 Å². The summed E-state index contributed by atoms with van der Waals surface area (Å²) >= 11 is 0. The molecule has 0 aromatic heterocycles. The zero-order chi connectivity index (χ0) is 9.26. The highest BCUT2D eigenvalue weighted by Gasteiger charge is 2.29. The van der Waals surface area contributed by atoms with E-state index < -0.39 is 0 Å². The molecular weight excluding hydrogens is 156 g/mol. The molecule has 1 aliphatic rings. The molecule has 3 atom stereocenters. The summed E-state index contributed by atoms with van der Waals surface area (Å²) < 4.78 is 0. The van der Waals surface area contributed by atoms with Crippen molar-refractivity contribution in [3.8, 4) is 0 Å². The van der Waals surface area contributed by atoms with Crippen molar-refractivity contribution in [2.45, 2.75) is 32.6 Å². The van der Waals surface area contributed by atoms with Crippen LogP contribution in [0.2, 0.25) is 0 Å². The van der Waals surface area contributed by atoms with Crippen molar-refractivity contribution in [2.24, 2.45) is 11.8 Å². The van der Waals surface area contributed by atoms with E-state index >= 15 is 0 Å². The maximum absolute atomic E-state index is 2.39. The lowest BCUT2D eigenvalue weighted by Crippen LogP contribution is -2.00. The fraction of sp³-hybridized carbons (Fsp3) is 0.538. The van der Waals surface area contributed by atoms with Crippen molar-refractivity contribution in [3.63, 3.8) is 0 Å². The van der Waals surface area contributed by atoms with Crippen molar-refractivity contribution >= 4 is 0 Å². The Morgan fingerprint density at radius 2 is 1.69 bits per heavy atom. The zero-order valence-electron chi connectivity index (χ0n) is 8.53. The summed E-state index contributed by atoms with van der Waals surface area (Å²) in [5.41, 5.74) is 1.54. The number of benzene rings is 1. The molecule has 70 valence electrons. The first-order valence-electron chi connectivity index (χ1n) is 5.32. The van der Waals surface area contributed by atoms with Gasteiger partial charge >= 0.3 is 0 Å². The van der Waals surface area contributed by atoms with Crippen LogP contribution in [-0.4, -0.2) is 0 Å². The van der Waals surface area contributed by atoms with Crippen LogP contribution in [0.4, 0.5) is 0 Å². The molecular formula is C13H18. The highest BCUT2D eigenvalue weighted by Crippen LogP contribution is 2.42. The Balaban J connectivity index is 2.18. The first-order valence-corrected chi connectivity index (χ1v) is 5.32. The van der Waals surface area contributed by atoms with Gasteiger partial charge in [-0.05, 0) is 36.2 Å². The Kier molecular flexibility index (Phi) is 2.39. The van der Waals surface area contributed by atoms with E-state index in [-0.39, 0.29) is 0 Å². The van der Waals surface area contributed by atoms with E-state index in [1.807, 2.05) is 0 Å². The van der Waals surface area contributed by atoms with Crippen LogP contribution in [0.5, 0.6) is 0 Å². The van der Waals surface area contributed by atoms with Gasteiger partial charge in [0, 0.05) is 0 Å². The smallest absolute Gasteiger partial charge is 0.0134 e. The van der Waals surface area contributed by atoms with E-state index in [0.29, 0.717) is 0 Å². The van der Waals surface area contributed by atoms with Gasteiger partial charge in [0.1, 0.15) is 0 Å². The summed E-state index contributed by atoms with van der Waals surface area (Å²) in [4.78, 5) is 0. The molecule has 1 aromatic carbocycles. The molecule has 0 aliphatic heterocycles. The van der Waals surface area contributed by atoms with Crippen molar-refractivity contribution in [1.82, 2.24) is 0 Å². The molecule has 1 saturated carbocycles. The fourth-order valence-corrected chi connectivity index (χ4v) is 2.73. The van der Waals surface area contributed by atoms with Crippen LogP contribution >= 0.6 is 0 Å². The van der Waals surface area contributed by atoms with Crippen LogP contribution in [0.25, 0.3) is 0 Å². The lowest BCUT2D eigenvalue weighted by atomic mass is 9.90. The van der Waals surface area contributed by atoms with Gasteiger partial charge in [-0.25, -0.2) is 0 Å². The molecule has 1 aromatic rings. The van der Waals surface area contributed by atoms with Gasteiger partial charge < -0.3 is 0 Å².